The summed E-state index contributed by atoms with van der Waals surface area (Å²) in [6.45, 7) is 13.6. The second-order valence-electron chi connectivity index (χ2n) is 11.3. The molecule has 0 aromatic heterocycles. The summed E-state index contributed by atoms with van der Waals surface area (Å²) >= 11 is 4.35. The van der Waals surface area contributed by atoms with E-state index in [1.165, 1.54) is 4.90 Å². The molecule has 41 heavy (non-hydrogen) atoms. The van der Waals surface area contributed by atoms with Crippen LogP contribution in [0.5, 0.6) is 0 Å². The maximum atomic E-state index is 14.1. The number of hydrogen-bond acceptors (Lipinski definition) is 7. The first kappa shape index (κ1) is 36.3. The van der Waals surface area contributed by atoms with E-state index in [-0.39, 0.29) is 25.3 Å². The first-order chi connectivity index (χ1) is 19.3. The predicted molar refractivity (Wildman–Crippen MR) is 165 cm³/mol. The molecule has 0 aliphatic carbocycles. The van der Waals surface area contributed by atoms with E-state index in [1.807, 2.05) is 32.0 Å². The largest absolute Gasteiger partial charge is 0.466 e. The zero-order valence-corrected chi connectivity index (χ0v) is 26.9. The number of alkyl carbamates (subject to hydrolysis) is 1. The third-order valence-electron chi connectivity index (χ3n) is 6.42. The Kier molecular flexibility index (Phi) is 16.5. The second-order valence-corrected chi connectivity index (χ2v) is 11.7. The van der Waals surface area contributed by atoms with E-state index >= 15 is 0 Å². The molecule has 3 amide bonds. The number of carbonyl (C=O) groups is 4. The fourth-order valence-electron chi connectivity index (χ4n) is 4.47. The second kappa shape index (κ2) is 18.6. The minimum Gasteiger partial charge on any atom is -0.466 e. The Balaban J connectivity index is 3.38. The van der Waals surface area contributed by atoms with Crippen molar-refractivity contribution >= 4 is 36.5 Å². The number of amides is 3. The van der Waals surface area contributed by atoms with E-state index in [0.717, 1.165) is 43.2 Å². The third-order valence-corrected chi connectivity index (χ3v) is 6.79. The molecule has 0 spiro atoms. The van der Waals surface area contributed by atoms with Crippen LogP contribution in [0.1, 0.15) is 102 Å². The SMILES string of the molecule is CCCCCCCCN(C(=O)C(CS)NC(=O)OC(C)(C)C)C(C(=O)NCCC(=O)OCC)c1ccc(C)cc1C. The molecule has 0 fully saturated rings. The Bertz CT molecular complexity index is 995. The quantitative estimate of drug-likeness (QED) is 0.126. The van der Waals surface area contributed by atoms with Gasteiger partial charge in [-0.25, -0.2) is 4.79 Å². The van der Waals surface area contributed by atoms with Gasteiger partial charge in [-0.3, -0.25) is 14.4 Å². The minimum absolute atomic E-state index is 0.0179. The van der Waals surface area contributed by atoms with Gasteiger partial charge in [0.2, 0.25) is 11.8 Å². The lowest BCUT2D eigenvalue weighted by Crippen LogP contribution is -2.54. The number of carbonyl (C=O) groups excluding carboxylic acids is 4. The number of thiol groups is 1. The molecule has 10 heteroatoms. The van der Waals surface area contributed by atoms with Gasteiger partial charge in [0.15, 0.2) is 0 Å². The molecule has 1 aromatic rings. The van der Waals surface area contributed by atoms with Crippen LogP contribution in [0, 0.1) is 13.8 Å². The number of benzene rings is 1. The van der Waals surface area contributed by atoms with Gasteiger partial charge in [0.25, 0.3) is 0 Å². The van der Waals surface area contributed by atoms with Gasteiger partial charge in [-0.1, -0.05) is 62.8 Å². The molecule has 0 aliphatic heterocycles. The molecule has 0 aliphatic rings. The monoisotopic (exact) mass is 593 g/mol. The van der Waals surface area contributed by atoms with Gasteiger partial charge in [0.05, 0.1) is 13.0 Å². The van der Waals surface area contributed by atoms with Crippen LogP contribution < -0.4 is 10.6 Å². The van der Waals surface area contributed by atoms with Crippen molar-refractivity contribution in [3.63, 3.8) is 0 Å². The number of ether oxygens (including phenoxy) is 2. The highest BCUT2D eigenvalue weighted by molar-refractivity contribution is 7.80. The zero-order chi connectivity index (χ0) is 31.0. The molecule has 0 radical (unpaired) electrons. The van der Waals surface area contributed by atoms with Gasteiger partial charge < -0.3 is 25.0 Å². The first-order valence-electron chi connectivity index (χ1n) is 14.8. The summed E-state index contributed by atoms with van der Waals surface area (Å²) in [5.41, 5.74) is 1.83. The molecule has 0 heterocycles. The first-order valence-corrected chi connectivity index (χ1v) is 15.4. The van der Waals surface area contributed by atoms with Gasteiger partial charge in [0, 0.05) is 18.8 Å². The van der Waals surface area contributed by atoms with E-state index in [0.29, 0.717) is 18.5 Å². The molecular weight excluding hydrogens is 542 g/mol. The van der Waals surface area contributed by atoms with Crippen LogP contribution in [0.3, 0.4) is 0 Å². The number of rotatable bonds is 17. The molecule has 1 aromatic carbocycles. The van der Waals surface area contributed by atoms with Crippen LogP contribution in [0.2, 0.25) is 0 Å². The van der Waals surface area contributed by atoms with E-state index < -0.39 is 41.6 Å². The van der Waals surface area contributed by atoms with Crippen molar-refractivity contribution in [1.29, 1.82) is 0 Å². The average molecular weight is 594 g/mol. The van der Waals surface area contributed by atoms with Crippen molar-refractivity contribution < 1.29 is 28.7 Å². The van der Waals surface area contributed by atoms with Gasteiger partial charge >= 0.3 is 12.1 Å². The Hall–Kier alpha value is -2.75. The normalized spacial score (nSPS) is 12.7. The van der Waals surface area contributed by atoms with Gasteiger partial charge in [-0.15, -0.1) is 0 Å². The van der Waals surface area contributed by atoms with Crippen LogP contribution in [-0.4, -0.2) is 65.9 Å². The molecule has 2 atom stereocenters. The van der Waals surface area contributed by atoms with Crippen LogP contribution in [0.25, 0.3) is 0 Å². The van der Waals surface area contributed by atoms with Crippen LogP contribution in [0.4, 0.5) is 4.79 Å². The molecule has 0 bridgehead atoms. The highest BCUT2D eigenvalue weighted by Gasteiger charge is 2.36. The van der Waals surface area contributed by atoms with Crippen LogP contribution in [0.15, 0.2) is 18.2 Å². The summed E-state index contributed by atoms with van der Waals surface area (Å²) in [6.07, 6.45) is 5.30. The molecule has 0 saturated carbocycles. The van der Waals surface area contributed by atoms with Crippen molar-refractivity contribution in [2.45, 2.75) is 111 Å². The molecule has 2 unspecified atom stereocenters. The summed E-state index contributed by atoms with van der Waals surface area (Å²) < 4.78 is 10.4. The van der Waals surface area contributed by atoms with Crippen LogP contribution in [-0.2, 0) is 23.9 Å². The smallest absolute Gasteiger partial charge is 0.408 e. The van der Waals surface area contributed by atoms with Gasteiger partial charge in [-0.2, -0.15) is 12.6 Å². The molecule has 2 N–H and O–H groups in total. The Morgan fingerprint density at radius 2 is 1.66 bits per heavy atom. The van der Waals surface area contributed by atoms with Gasteiger partial charge in [-0.05, 0) is 59.1 Å². The fraction of sp³-hybridized carbons (Fsp3) is 0.677. The molecule has 9 nitrogen and oxygen atoms in total. The Morgan fingerprint density at radius 1 is 1.00 bits per heavy atom. The number of nitrogens with one attached hydrogen (secondary N) is 2. The standard InChI is InChI=1S/C31H51N3O6S/c1-8-10-11-12-13-14-19-34(29(37)25(21-41)33-30(38)40-31(5,6)7)27(24-16-15-22(3)20-23(24)4)28(36)32-18-17-26(35)39-9-2/h15-16,20,25,27,41H,8-14,17-19,21H2,1-7H3,(H,32,36)(H,33,38). The minimum atomic E-state index is -1.01. The molecule has 0 saturated heterocycles. The highest BCUT2D eigenvalue weighted by Crippen LogP contribution is 2.27. The van der Waals surface area contributed by atoms with Crippen molar-refractivity contribution in [1.82, 2.24) is 15.5 Å². The summed E-state index contributed by atoms with van der Waals surface area (Å²) in [4.78, 5) is 53.8. The number of unbranched alkanes of at least 4 members (excludes halogenated alkanes) is 5. The average Bonchev–Trinajstić information content (AvgIpc) is 2.88. The zero-order valence-electron chi connectivity index (χ0n) is 26.0. The van der Waals surface area contributed by atoms with Crippen molar-refractivity contribution in [2.24, 2.45) is 0 Å². The van der Waals surface area contributed by atoms with E-state index in [4.69, 9.17) is 9.47 Å². The van der Waals surface area contributed by atoms with Crippen molar-refractivity contribution in [2.75, 3.05) is 25.4 Å². The molecule has 1 rings (SSSR count). The van der Waals surface area contributed by atoms with Crippen LogP contribution >= 0.6 is 12.6 Å². The van der Waals surface area contributed by atoms with E-state index in [2.05, 4.69) is 30.2 Å². The number of hydrogen-bond donors (Lipinski definition) is 3. The summed E-state index contributed by atoms with van der Waals surface area (Å²) in [7, 11) is 0. The highest BCUT2D eigenvalue weighted by atomic mass is 32.1. The summed E-state index contributed by atoms with van der Waals surface area (Å²) in [5, 5.41) is 5.47. The summed E-state index contributed by atoms with van der Waals surface area (Å²) in [6, 6.07) is 3.76. The Labute approximate surface area is 251 Å². The topological polar surface area (TPSA) is 114 Å². The lowest BCUT2D eigenvalue weighted by molar-refractivity contribution is -0.144. The Morgan fingerprint density at radius 3 is 2.24 bits per heavy atom. The fourth-order valence-corrected chi connectivity index (χ4v) is 4.71. The summed E-state index contributed by atoms with van der Waals surface area (Å²) in [5.74, 6) is -1.22. The third kappa shape index (κ3) is 13.6. The van der Waals surface area contributed by atoms with E-state index in [1.54, 1.807) is 27.7 Å². The lowest BCUT2D eigenvalue weighted by atomic mass is 9.96. The predicted octanol–water partition coefficient (Wildman–Crippen LogP) is 5.43. The maximum Gasteiger partial charge on any atom is 0.408 e. The van der Waals surface area contributed by atoms with Gasteiger partial charge in [0.1, 0.15) is 17.7 Å². The van der Waals surface area contributed by atoms with Crippen molar-refractivity contribution in [3.8, 4) is 0 Å². The number of aryl methyl sites for hydroxylation is 2. The lowest BCUT2D eigenvalue weighted by Gasteiger charge is -2.35. The number of nitrogens with zero attached hydrogens (tertiary/aromatic N) is 1. The maximum absolute atomic E-state index is 14.1. The van der Waals surface area contributed by atoms with Crippen molar-refractivity contribution in [3.05, 3.63) is 34.9 Å². The molecular formula is C31H51N3O6S. The number of esters is 1. The molecule has 232 valence electrons. The van der Waals surface area contributed by atoms with E-state index in [9.17, 15) is 19.2 Å².